The van der Waals surface area contributed by atoms with E-state index in [4.69, 9.17) is 13.7 Å². The lowest BCUT2D eigenvalue weighted by atomic mass is 10.2. The van der Waals surface area contributed by atoms with Crippen molar-refractivity contribution in [3.8, 4) is 17.2 Å². The van der Waals surface area contributed by atoms with Crippen molar-refractivity contribution in [3.63, 3.8) is 0 Å². The minimum Gasteiger partial charge on any atom is -0.497 e. The Bertz CT molecular complexity index is 866. The van der Waals surface area contributed by atoms with Gasteiger partial charge in [-0.25, -0.2) is 4.98 Å². The first-order valence-corrected chi connectivity index (χ1v) is 9.02. The van der Waals surface area contributed by atoms with Crippen molar-refractivity contribution in [2.24, 2.45) is 0 Å². The van der Waals surface area contributed by atoms with Crippen molar-refractivity contribution in [1.29, 1.82) is 0 Å². The van der Waals surface area contributed by atoms with E-state index in [1.165, 1.54) is 0 Å². The SMILES string of the molecule is COc1ccc(-c2nc(CN3CCN(Cc4noc(C)n4)CC3)co2)cc1. The summed E-state index contributed by atoms with van der Waals surface area (Å²) in [6.45, 7) is 7.22. The Hall–Kier alpha value is -2.71. The Balaban J connectivity index is 1.29. The molecule has 2 aromatic heterocycles. The van der Waals surface area contributed by atoms with E-state index in [0.29, 0.717) is 11.8 Å². The second kappa shape index (κ2) is 7.89. The van der Waals surface area contributed by atoms with Crippen LogP contribution in [-0.2, 0) is 13.1 Å². The summed E-state index contributed by atoms with van der Waals surface area (Å²) in [5.41, 5.74) is 1.89. The minimum atomic E-state index is 0.613. The highest BCUT2D eigenvalue weighted by molar-refractivity contribution is 5.54. The Kier molecular flexibility index (Phi) is 5.17. The number of rotatable bonds is 6. The second-order valence-corrected chi connectivity index (χ2v) is 6.65. The summed E-state index contributed by atoms with van der Waals surface area (Å²) in [4.78, 5) is 13.6. The van der Waals surface area contributed by atoms with Crippen LogP contribution in [0.4, 0.5) is 0 Å². The molecule has 0 N–H and O–H groups in total. The fourth-order valence-corrected chi connectivity index (χ4v) is 3.19. The molecule has 1 aromatic carbocycles. The van der Waals surface area contributed by atoms with Gasteiger partial charge in [0.15, 0.2) is 5.82 Å². The van der Waals surface area contributed by atoms with Gasteiger partial charge in [-0.05, 0) is 24.3 Å². The lowest BCUT2D eigenvalue weighted by molar-refractivity contribution is 0.118. The average molecular weight is 369 g/mol. The van der Waals surface area contributed by atoms with E-state index < -0.39 is 0 Å². The Morgan fingerprint density at radius 1 is 1.00 bits per heavy atom. The number of piperazine rings is 1. The van der Waals surface area contributed by atoms with Crippen LogP contribution in [0.25, 0.3) is 11.5 Å². The van der Waals surface area contributed by atoms with Crippen LogP contribution in [0.5, 0.6) is 5.75 Å². The number of hydrogen-bond donors (Lipinski definition) is 0. The van der Waals surface area contributed by atoms with Crippen LogP contribution in [0, 0.1) is 6.92 Å². The van der Waals surface area contributed by atoms with Gasteiger partial charge in [0.05, 0.1) is 19.3 Å². The lowest BCUT2D eigenvalue weighted by Gasteiger charge is -2.33. The molecule has 8 heteroatoms. The Labute approximate surface area is 157 Å². The maximum absolute atomic E-state index is 5.65. The molecule has 3 aromatic rings. The molecule has 0 aliphatic carbocycles. The summed E-state index contributed by atoms with van der Waals surface area (Å²) in [6, 6.07) is 7.72. The third-order valence-corrected chi connectivity index (χ3v) is 4.67. The highest BCUT2D eigenvalue weighted by Gasteiger charge is 2.20. The van der Waals surface area contributed by atoms with Gasteiger partial charge in [0.2, 0.25) is 11.8 Å². The molecule has 1 aliphatic rings. The monoisotopic (exact) mass is 369 g/mol. The fraction of sp³-hybridized carbons (Fsp3) is 0.421. The fourth-order valence-electron chi connectivity index (χ4n) is 3.19. The van der Waals surface area contributed by atoms with Gasteiger partial charge < -0.3 is 13.7 Å². The second-order valence-electron chi connectivity index (χ2n) is 6.65. The van der Waals surface area contributed by atoms with Crippen LogP contribution in [0.1, 0.15) is 17.4 Å². The van der Waals surface area contributed by atoms with Crippen LogP contribution in [0.2, 0.25) is 0 Å². The highest BCUT2D eigenvalue weighted by Crippen LogP contribution is 2.22. The smallest absolute Gasteiger partial charge is 0.226 e. The average Bonchev–Trinajstić information content (AvgIpc) is 3.32. The molecule has 8 nitrogen and oxygen atoms in total. The summed E-state index contributed by atoms with van der Waals surface area (Å²) in [7, 11) is 1.65. The van der Waals surface area contributed by atoms with Crippen LogP contribution in [0.3, 0.4) is 0 Å². The zero-order chi connectivity index (χ0) is 18.6. The van der Waals surface area contributed by atoms with Crippen molar-refractivity contribution >= 4 is 0 Å². The van der Waals surface area contributed by atoms with Crippen LogP contribution in [-0.4, -0.2) is 58.2 Å². The molecule has 0 atom stereocenters. The van der Waals surface area contributed by atoms with Gasteiger partial charge in [-0.2, -0.15) is 4.98 Å². The summed E-state index contributed by atoms with van der Waals surface area (Å²) >= 11 is 0. The predicted molar refractivity (Wildman–Crippen MR) is 98.1 cm³/mol. The van der Waals surface area contributed by atoms with Crippen molar-refractivity contribution in [3.05, 3.63) is 47.9 Å². The van der Waals surface area contributed by atoms with Crippen molar-refractivity contribution < 1.29 is 13.7 Å². The molecule has 27 heavy (non-hydrogen) atoms. The van der Waals surface area contributed by atoms with E-state index in [9.17, 15) is 0 Å². The summed E-state index contributed by atoms with van der Waals surface area (Å²) in [5.74, 6) is 2.82. The number of aryl methyl sites for hydroxylation is 1. The van der Waals surface area contributed by atoms with Gasteiger partial charge >= 0.3 is 0 Å². The van der Waals surface area contributed by atoms with Gasteiger partial charge in [0.25, 0.3) is 0 Å². The molecule has 3 heterocycles. The molecule has 1 fully saturated rings. The molecule has 0 amide bonds. The van der Waals surface area contributed by atoms with E-state index in [2.05, 4.69) is 24.9 Å². The lowest BCUT2D eigenvalue weighted by Crippen LogP contribution is -2.45. The molecule has 0 radical (unpaired) electrons. The molecule has 1 saturated heterocycles. The Morgan fingerprint density at radius 2 is 1.70 bits per heavy atom. The zero-order valence-electron chi connectivity index (χ0n) is 15.6. The number of aromatic nitrogens is 3. The topological polar surface area (TPSA) is 80.7 Å². The maximum atomic E-state index is 5.65. The number of hydrogen-bond acceptors (Lipinski definition) is 8. The highest BCUT2D eigenvalue weighted by atomic mass is 16.5. The molecular formula is C19H23N5O3. The first kappa shape index (κ1) is 17.7. The number of oxazole rings is 1. The first-order valence-electron chi connectivity index (χ1n) is 9.02. The van der Waals surface area contributed by atoms with Crippen LogP contribution >= 0.6 is 0 Å². The van der Waals surface area contributed by atoms with E-state index in [1.807, 2.05) is 31.2 Å². The number of ether oxygens (including phenoxy) is 1. The van der Waals surface area contributed by atoms with Crippen LogP contribution in [0.15, 0.2) is 39.5 Å². The number of methoxy groups -OCH3 is 1. The van der Waals surface area contributed by atoms with Crippen molar-refractivity contribution in [2.45, 2.75) is 20.0 Å². The van der Waals surface area contributed by atoms with Crippen LogP contribution < -0.4 is 4.74 Å². The van der Waals surface area contributed by atoms with Crippen molar-refractivity contribution in [1.82, 2.24) is 24.9 Å². The summed E-state index contributed by atoms with van der Waals surface area (Å²) < 4.78 is 15.9. The van der Waals surface area contributed by atoms with E-state index in [1.54, 1.807) is 13.4 Å². The summed E-state index contributed by atoms with van der Waals surface area (Å²) in [5, 5.41) is 3.97. The minimum absolute atomic E-state index is 0.613. The Morgan fingerprint density at radius 3 is 2.33 bits per heavy atom. The molecule has 142 valence electrons. The standard InChI is InChI=1S/C19H23N5O3/c1-14-20-18(22-27-14)12-24-9-7-23(8-10-24)11-16-13-26-19(21-16)15-3-5-17(25-2)6-4-15/h3-6,13H,7-12H2,1-2H3. The molecule has 4 rings (SSSR count). The zero-order valence-corrected chi connectivity index (χ0v) is 15.6. The third-order valence-electron chi connectivity index (χ3n) is 4.67. The molecule has 0 spiro atoms. The quantitative estimate of drug-likeness (QED) is 0.655. The van der Waals surface area contributed by atoms with E-state index in [-0.39, 0.29) is 0 Å². The number of nitrogens with zero attached hydrogens (tertiary/aromatic N) is 5. The largest absolute Gasteiger partial charge is 0.497 e. The molecule has 1 aliphatic heterocycles. The molecule has 0 bridgehead atoms. The van der Waals surface area contributed by atoms with Gasteiger partial charge in [-0.3, -0.25) is 9.80 Å². The summed E-state index contributed by atoms with van der Waals surface area (Å²) in [6.07, 6.45) is 1.74. The molecule has 0 saturated carbocycles. The number of benzene rings is 1. The van der Waals surface area contributed by atoms with Crippen molar-refractivity contribution in [2.75, 3.05) is 33.3 Å². The first-order chi connectivity index (χ1) is 13.2. The predicted octanol–water partition coefficient (Wildman–Crippen LogP) is 2.36. The normalized spacial score (nSPS) is 15.9. The molecular weight excluding hydrogens is 346 g/mol. The van der Waals surface area contributed by atoms with Gasteiger partial charge in [0, 0.05) is 45.2 Å². The van der Waals surface area contributed by atoms with E-state index >= 15 is 0 Å². The van der Waals surface area contributed by atoms with Gasteiger partial charge in [-0.15, -0.1) is 0 Å². The third kappa shape index (κ3) is 4.35. The molecule has 0 unspecified atom stereocenters. The van der Waals surface area contributed by atoms with E-state index in [0.717, 1.165) is 62.1 Å². The van der Waals surface area contributed by atoms with Gasteiger partial charge in [0.1, 0.15) is 12.0 Å². The maximum Gasteiger partial charge on any atom is 0.226 e. The van der Waals surface area contributed by atoms with Gasteiger partial charge in [-0.1, -0.05) is 5.16 Å².